The van der Waals surface area contributed by atoms with E-state index in [1.807, 2.05) is 16.7 Å². The largest absolute Gasteiger partial charge is 0.447 e. The quantitative estimate of drug-likeness (QED) is 0.789. The number of hydrogen-bond donors (Lipinski definition) is 0. The third-order valence-corrected chi connectivity index (χ3v) is 5.11. The van der Waals surface area contributed by atoms with Crippen LogP contribution < -0.4 is 0 Å². The molecule has 0 saturated carbocycles. The van der Waals surface area contributed by atoms with Crippen molar-refractivity contribution in [1.29, 1.82) is 0 Å². The molecule has 2 aliphatic heterocycles. The standard InChI is InChI=1S/C18H27N3O4/c1-3-4-5-15-12-24-18(23)21(15)14-6-8-20(9-7-14)17(22)11-16-10-13(2)19-25-16/h10,14-15H,3-9,11-12H2,1-2H3. The molecule has 2 saturated heterocycles. The summed E-state index contributed by atoms with van der Waals surface area (Å²) in [7, 11) is 0. The molecule has 1 atom stereocenters. The molecule has 25 heavy (non-hydrogen) atoms. The predicted molar refractivity (Wildman–Crippen MR) is 91.0 cm³/mol. The minimum Gasteiger partial charge on any atom is -0.447 e. The maximum absolute atomic E-state index is 12.4. The first kappa shape index (κ1) is 17.8. The number of aryl methyl sites for hydroxylation is 1. The zero-order chi connectivity index (χ0) is 17.8. The number of carbonyl (C=O) groups excluding carboxylic acids is 2. The van der Waals surface area contributed by atoms with Gasteiger partial charge in [-0.05, 0) is 26.2 Å². The summed E-state index contributed by atoms with van der Waals surface area (Å²) in [6.45, 7) is 5.83. The van der Waals surface area contributed by atoms with Crippen molar-refractivity contribution in [2.75, 3.05) is 19.7 Å². The summed E-state index contributed by atoms with van der Waals surface area (Å²) in [6, 6.07) is 2.16. The summed E-state index contributed by atoms with van der Waals surface area (Å²) in [5, 5.41) is 3.82. The second-order valence-corrected chi connectivity index (χ2v) is 7.00. The number of ether oxygens (including phenoxy) is 1. The maximum Gasteiger partial charge on any atom is 0.410 e. The number of rotatable bonds is 6. The van der Waals surface area contributed by atoms with Gasteiger partial charge in [-0.15, -0.1) is 0 Å². The molecular formula is C18H27N3O4. The Labute approximate surface area is 148 Å². The van der Waals surface area contributed by atoms with Gasteiger partial charge >= 0.3 is 6.09 Å². The van der Waals surface area contributed by atoms with Gasteiger partial charge in [0.1, 0.15) is 12.4 Å². The maximum atomic E-state index is 12.4. The highest BCUT2D eigenvalue weighted by Gasteiger charge is 2.39. The van der Waals surface area contributed by atoms with Crippen LogP contribution in [-0.4, -0.2) is 58.7 Å². The van der Waals surface area contributed by atoms with Gasteiger partial charge in [0.25, 0.3) is 0 Å². The number of carbonyl (C=O) groups is 2. The van der Waals surface area contributed by atoms with Gasteiger partial charge in [0, 0.05) is 25.2 Å². The number of nitrogens with zero attached hydrogens (tertiary/aromatic N) is 3. The molecule has 0 radical (unpaired) electrons. The Morgan fingerprint density at radius 2 is 2.12 bits per heavy atom. The molecule has 138 valence electrons. The van der Waals surface area contributed by atoms with E-state index in [0.29, 0.717) is 25.5 Å². The van der Waals surface area contributed by atoms with Gasteiger partial charge in [-0.1, -0.05) is 24.9 Å². The lowest BCUT2D eigenvalue weighted by Crippen LogP contribution is -2.50. The molecule has 0 aliphatic carbocycles. The zero-order valence-corrected chi connectivity index (χ0v) is 15.1. The van der Waals surface area contributed by atoms with Gasteiger partial charge in [0.2, 0.25) is 5.91 Å². The molecule has 0 spiro atoms. The highest BCUT2D eigenvalue weighted by molar-refractivity contribution is 5.78. The van der Waals surface area contributed by atoms with Crippen molar-refractivity contribution in [3.05, 3.63) is 17.5 Å². The van der Waals surface area contributed by atoms with Crippen molar-refractivity contribution in [1.82, 2.24) is 15.0 Å². The topological polar surface area (TPSA) is 75.9 Å². The number of likely N-dealkylation sites (tertiary alicyclic amines) is 1. The summed E-state index contributed by atoms with van der Waals surface area (Å²) in [5.74, 6) is 0.661. The Bertz CT molecular complexity index is 607. The van der Waals surface area contributed by atoms with Crippen molar-refractivity contribution in [2.24, 2.45) is 0 Å². The SMILES string of the molecule is CCCCC1COC(=O)N1C1CCN(C(=O)Cc2cc(C)no2)CC1. The molecule has 0 N–H and O–H groups in total. The van der Waals surface area contributed by atoms with Crippen molar-refractivity contribution in [3.8, 4) is 0 Å². The lowest BCUT2D eigenvalue weighted by Gasteiger charge is -2.37. The van der Waals surface area contributed by atoms with E-state index in [1.54, 1.807) is 6.07 Å². The van der Waals surface area contributed by atoms with Crippen LogP contribution >= 0.6 is 0 Å². The number of cyclic esters (lactones) is 1. The van der Waals surface area contributed by atoms with Gasteiger partial charge in [0.15, 0.2) is 0 Å². The van der Waals surface area contributed by atoms with E-state index in [9.17, 15) is 9.59 Å². The van der Waals surface area contributed by atoms with E-state index < -0.39 is 0 Å². The minimum absolute atomic E-state index is 0.0566. The van der Waals surface area contributed by atoms with E-state index in [4.69, 9.17) is 9.26 Å². The number of aromatic nitrogens is 1. The molecule has 0 aromatic carbocycles. The van der Waals surface area contributed by atoms with Crippen LogP contribution in [0.25, 0.3) is 0 Å². The van der Waals surface area contributed by atoms with Crippen LogP contribution in [0.15, 0.2) is 10.6 Å². The summed E-state index contributed by atoms with van der Waals surface area (Å²) in [5.41, 5.74) is 0.784. The predicted octanol–water partition coefficient (Wildman–Crippen LogP) is 2.53. The summed E-state index contributed by atoms with van der Waals surface area (Å²) >= 11 is 0. The Hall–Kier alpha value is -2.05. The average molecular weight is 349 g/mol. The molecule has 2 aliphatic rings. The van der Waals surface area contributed by atoms with E-state index in [2.05, 4.69) is 12.1 Å². The Balaban J connectivity index is 1.52. The monoisotopic (exact) mass is 349 g/mol. The van der Waals surface area contributed by atoms with E-state index >= 15 is 0 Å². The lowest BCUT2D eigenvalue weighted by molar-refractivity contribution is -0.132. The molecule has 1 unspecified atom stereocenters. The second kappa shape index (κ2) is 7.89. The Morgan fingerprint density at radius 1 is 1.36 bits per heavy atom. The van der Waals surface area contributed by atoms with Crippen LogP contribution in [0, 0.1) is 6.92 Å². The van der Waals surface area contributed by atoms with Crippen LogP contribution in [0.2, 0.25) is 0 Å². The van der Waals surface area contributed by atoms with Crippen LogP contribution in [0.5, 0.6) is 0 Å². The van der Waals surface area contributed by atoms with Gasteiger partial charge in [-0.25, -0.2) is 4.79 Å². The number of piperidine rings is 1. The van der Waals surface area contributed by atoms with Crippen molar-refractivity contribution < 1.29 is 18.8 Å². The van der Waals surface area contributed by atoms with E-state index in [-0.39, 0.29) is 30.5 Å². The summed E-state index contributed by atoms with van der Waals surface area (Å²) in [6.07, 6.45) is 4.88. The fourth-order valence-electron chi connectivity index (χ4n) is 3.73. The first-order valence-corrected chi connectivity index (χ1v) is 9.23. The molecular weight excluding hydrogens is 322 g/mol. The first-order chi connectivity index (χ1) is 12.1. The normalized spacial score (nSPS) is 21.7. The zero-order valence-electron chi connectivity index (χ0n) is 15.1. The number of amides is 2. The van der Waals surface area contributed by atoms with Crippen LogP contribution in [0.3, 0.4) is 0 Å². The molecule has 2 amide bonds. The third kappa shape index (κ3) is 4.14. The third-order valence-electron chi connectivity index (χ3n) is 5.11. The molecule has 3 rings (SSSR count). The molecule has 1 aromatic heterocycles. The van der Waals surface area contributed by atoms with E-state index in [0.717, 1.165) is 37.8 Å². The molecule has 0 bridgehead atoms. The van der Waals surface area contributed by atoms with Crippen LogP contribution in [0.4, 0.5) is 4.79 Å². The van der Waals surface area contributed by atoms with E-state index in [1.165, 1.54) is 0 Å². The van der Waals surface area contributed by atoms with Crippen molar-refractivity contribution in [2.45, 2.75) is 64.5 Å². The molecule has 3 heterocycles. The van der Waals surface area contributed by atoms with Gasteiger partial charge in [-0.3, -0.25) is 9.69 Å². The van der Waals surface area contributed by atoms with Crippen molar-refractivity contribution in [3.63, 3.8) is 0 Å². The second-order valence-electron chi connectivity index (χ2n) is 7.00. The van der Waals surface area contributed by atoms with Gasteiger partial charge < -0.3 is 14.2 Å². The summed E-state index contributed by atoms with van der Waals surface area (Å²) < 4.78 is 10.4. The highest BCUT2D eigenvalue weighted by Crippen LogP contribution is 2.26. The molecule has 1 aromatic rings. The molecule has 7 nitrogen and oxygen atoms in total. The fourth-order valence-corrected chi connectivity index (χ4v) is 3.73. The van der Waals surface area contributed by atoms with Crippen molar-refractivity contribution >= 4 is 12.0 Å². The highest BCUT2D eigenvalue weighted by atomic mass is 16.6. The Kier molecular flexibility index (Phi) is 5.60. The number of unbranched alkanes of at least 4 members (excludes halogenated alkanes) is 1. The van der Waals surface area contributed by atoms with Gasteiger partial charge in [0.05, 0.1) is 18.2 Å². The van der Waals surface area contributed by atoms with Gasteiger partial charge in [-0.2, -0.15) is 0 Å². The summed E-state index contributed by atoms with van der Waals surface area (Å²) in [4.78, 5) is 28.3. The number of hydrogen-bond acceptors (Lipinski definition) is 5. The lowest BCUT2D eigenvalue weighted by atomic mass is 10.00. The molecule has 2 fully saturated rings. The van der Waals surface area contributed by atoms with Crippen LogP contribution in [0.1, 0.15) is 50.5 Å². The minimum atomic E-state index is -0.192. The Morgan fingerprint density at radius 3 is 2.76 bits per heavy atom. The average Bonchev–Trinajstić information content (AvgIpc) is 3.18. The molecule has 7 heteroatoms. The van der Waals surface area contributed by atoms with Crippen LogP contribution in [-0.2, 0) is 16.0 Å². The smallest absolute Gasteiger partial charge is 0.410 e. The fraction of sp³-hybridized carbons (Fsp3) is 0.722. The first-order valence-electron chi connectivity index (χ1n) is 9.23.